The van der Waals surface area contributed by atoms with Gasteiger partial charge in [-0.15, -0.1) is 11.3 Å². The quantitative estimate of drug-likeness (QED) is 0.939. The second-order valence-electron chi connectivity index (χ2n) is 5.43. The van der Waals surface area contributed by atoms with Crippen molar-refractivity contribution in [3.63, 3.8) is 0 Å². The van der Waals surface area contributed by atoms with Crippen LogP contribution in [0.25, 0.3) is 10.1 Å². The van der Waals surface area contributed by atoms with E-state index in [4.69, 9.17) is 4.74 Å². The molecule has 0 spiro atoms. The van der Waals surface area contributed by atoms with Crippen LogP contribution < -0.4 is 5.32 Å². The summed E-state index contributed by atoms with van der Waals surface area (Å²) in [5, 5.41) is 6.62. The van der Waals surface area contributed by atoms with Crippen LogP contribution in [0.15, 0.2) is 29.6 Å². The van der Waals surface area contributed by atoms with Gasteiger partial charge < -0.3 is 10.1 Å². The minimum absolute atomic E-state index is 0.0386. The Labute approximate surface area is 122 Å². The fourth-order valence-electron chi connectivity index (χ4n) is 2.67. The largest absolute Gasteiger partial charge is 0.381 e. The van der Waals surface area contributed by atoms with Crippen LogP contribution >= 0.6 is 11.3 Å². The first-order valence-corrected chi connectivity index (χ1v) is 7.95. The predicted octanol–water partition coefficient (Wildman–Crippen LogP) is 2.99. The molecule has 106 valence electrons. The summed E-state index contributed by atoms with van der Waals surface area (Å²) in [7, 11) is 0. The van der Waals surface area contributed by atoms with E-state index in [1.807, 2.05) is 0 Å². The fraction of sp³-hybridized carbons (Fsp3) is 0.438. The summed E-state index contributed by atoms with van der Waals surface area (Å²) in [5.41, 5.74) is 1.32. The number of nitrogens with one attached hydrogen (secondary N) is 1. The van der Waals surface area contributed by atoms with Crippen LogP contribution in [0.1, 0.15) is 18.9 Å². The SMILES string of the molecule is C[C@H](Cc1csc2ccccc12)NC(=O)[C@@H]1CCOC1. The van der Waals surface area contributed by atoms with Crippen LogP contribution in [-0.4, -0.2) is 25.2 Å². The maximum atomic E-state index is 12.1. The number of amides is 1. The van der Waals surface area contributed by atoms with Crippen molar-refractivity contribution in [3.05, 3.63) is 35.2 Å². The molecule has 3 rings (SSSR count). The Morgan fingerprint density at radius 3 is 3.15 bits per heavy atom. The van der Waals surface area contributed by atoms with Gasteiger partial charge in [0.25, 0.3) is 0 Å². The smallest absolute Gasteiger partial charge is 0.225 e. The molecule has 0 radical (unpaired) electrons. The summed E-state index contributed by atoms with van der Waals surface area (Å²) in [5.74, 6) is 0.172. The molecule has 1 N–H and O–H groups in total. The summed E-state index contributed by atoms with van der Waals surface area (Å²) in [6.45, 7) is 3.35. The van der Waals surface area contributed by atoms with Gasteiger partial charge in [-0.05, 0) is 42.2 Å². The third-order valence-corrected chi connectivity index (χ3v) is 4.79. The number of hydrogen-bond acceptors (Lipinski definition) is 3. The van der Waals surface area contributed by atoms with E-state index in [0.717, 1.165) is 12.8 Å². The number of fused-ring (bicyclic) bond motifs is 1. The van der Waals surface area contributed by atoms with E-state index < -0.39 is 0 Å². The molecule has 3 nitrogen and oxygen atoms in total. The maximum Gasteiger partial charge on any atom is 0.225 e. The highest BCUT2D eigenvalue weighted by molar-refractivity contribution is 7.17. The molecular formula is C16H19NO2S. The van der Waals surface area contributed by atoms with Crippen LogP contribution in [0.4, 0.5) is 0 Å². The molecule has 1 amide bonds. The predicted molar refractivity (Wildman–Crippen MR) is 82.1 cm³/mol. The van der Waals surface area contributed by atoms with Crippen molar-refractivity contribution >= 4 is 27.3 Å². The third-order valence-electron chi connectivity index (χ3n) is 3.78. The summed E-state index contributed by atoms with van der Waals surface area (Å²) in [6, 6.07) is 8.58. The molecule has 1 aliphatic heterocycles. The van der Waals surface area contributed by atoms with E-state index in [0.29, 0.717) is 13.2 Å². The highest BCUT2D eigenvalue weighted by Gasteiger charge is 2.24. The first-order valence-electron chi connectivity index (χ1n) is 7.07. The molecule has 1 aromatic heterocycles. The Morgan fingerprint density at radius 2 is 2.35 bits per heavy atom. The Hall–Kier alpha value is -1.39. The Bertz CT molecular complexity index is 601. The minimum atomic E-state index is 0.0386. The average molecular weight is 289 g/mol. The van der Waals surface area contributed by atoms with Gasteiger partial charge in [-0.1, -0.05) is 18.2 Å². The molecule has 2 atom stereocenters. The van der Waals surface area contributed by atoms with E-state index in [1.54, 1.807) is 11.3 Å². The van der Waals surface area contributed by atoms with Gasteiger partial charge >= 0.3 is 0 Å². The lowest BCUT2D eigenvalue weighted by atomic mass is 10.0. The van der Waals surface area contributed by atoms with Crippen molar-refractivity contribution in [2.75, 3.05) is 13.2 Å². The first kappa shape index (κ1) is 13.6. The molecule has 2 heterocycles. The molecule has 1 saturated heterocycles. The molecule has 4 heteroatoms. The Kier molecular flexibility index (Phi) is 4.03. The molecular weight excluding hydrogens is 270 g/mol. The molecule has 0 saturated carbocycles. The highest BCUT2D eigenvalue weighted by Crippen LogP contribution is 2.26. The maximum absolute atomic E-state index is 12.1. The minimum Gasteiger partial charge on any atom is -0.381 e. The van der Waals surface area contributed by atoms with E-state index in [9.17, 15) is 4.79 Å². The van der Waals surface area contributed by atoms with E-state index in [2.05, 4.69) is 41.9 Å². The zero-order chi connectivity index (χ0) is 13.9. The topological polar surface area (TPSA) is 38.3 Å². The number of thiophene rings is 1. The van der Waals surface area contributed by atoms with Gasteiger partial charge in [0.1, 0.15) is 0 Å². The van der Waals surface area contributed by atoms with E-state index in [-0.39, 0.29) is 17.9 Å². The zero-order valence-electron chi connectivity index (χ0n) is 11.6. The molecule has 20 heavy (non-hydrogen) atoms. The highest BCUT2D eigenvalue weighted by atomic mass is 32.1. The molecule has 0 unspecified atom stereocenters. The van der Waals surface area contributed by atoms with E-state index in [1.165, 1.54) is 15.6 Å². The molecule has 1 aliphatic rings. The van der Waals surface area contributed by atoms with Gasteiger partial charge in [0.2, 0.25) is 5.91 Å². The lowest BCUT2D eigenvalue weighted by Crippen LogP contribution is -2.38. The van der Waals surface area contributed by atoms with Crippen LogP contribution in [0.5, 0.6) is 0 Å². The Morgan fingerprint density at radius 1 is 1.50 bits per heavy atom. The van der Waals surface area contributed by atoms with Crippen molar-refractivity contribution in [1.82, 2.24) is 5.32 Å². The normalized spacial score (nSPS) is 20.1. The Balaban J connectivity index is 1.63. The fourth-order valence-corrected chi connectivity index (χ4v) is 3.65. The van der Waals surface area contributed by atoms with Crippen molar-refractivity contribution in [1.29, 1.82) is 0 Å². The number of hydrogen-bond donors (Lipinski definition) is 1. The number of ether oxygens (including phenoxy) is 1. The first-order chi connectivity index (χ1) is 9.74. The van der Waals surface area contributed by atoms with Crippen molar-refractivity contribution in [3.8, 4) is 0 Å². The van der Waals surface area contributed by atoms with Crippen molar-refractivity contribution in [2.24, 2.45) is 5.92 Å². The number of carbonyl (C=O) groups excluding carboxylic acids is 1. The average Bonchev–Trinajstić information content (AvgIpc) is 3.09. The van der Waals surface area contributed by atoms with Crippen LogP contribution in [0, 0.1) is 5.92 Å². The summed E-state index contributed by atoms with van der Waals surface area (Å²) < 4.78 is 6.57. The van der Waals surface area contributed by atoms with Crippen molar-refractivity contribution < 1.29 is 9.53 Å². The number of rotatable bonds is 4. The third kappa shape index (κ3) is 2.86. The standard InChI is InChI=1S/C16H19NO2S/c1-11(17-16(18)12-6-7-19-9-12)8-13-10-20-15-5-3-2-4-14(13)15/h2-5,10-12H,6-9H2,1H3,(H,17,18)/t11-,12-/m1/s1. The van der Waals surface area contributed by atoms with Gasteiger partial charge in [-0.2, -0.15) is 0 Å². The monoisotopic (exact) mass is 289 g/mol. The molecule has 0 bridgehead atoms. The summed E-state index contributed by atoms with van der Waals surface area (Å²) in [4.78, 5) is 12.1. The molecule has 1 aromatic carbocycles. The van der Waals surface area contributed by atoms with Crippen LogP contribution in [0.2, 0.25) is 0 Å². The number of benzene rings is 1. The van der Waals surface area contributed by atoms with Crippen LogP contribution in [-0.2, 0) is 16.0 Å². The van der Waals surface area contributed by atoms with Crippen LogP contribution in [0.3, 0.4) is 0 Å². The summed E-state index contributed by atoms with van der Waals surface area (Å²) in [6.07, 6.45) is 1.73. The second kappa shape index (κ2) is 5.94. The molecule has 1 fully saturated rings. The van der Waals surface area contributed by atoms with Gasteiger partial charge in [0.05, 0.1) is 12.5 Å². The lowest BCUT2D eigenvalue weighted by Gasteiger charge is -2.16. The second-order valence-corrected chi connectivity index (χ2v) is 6.34. The van der Waals surface area contributed by atoms with Gasteiger partial charge in [0.15, 0.2) is 0 Å². The molecule has 2 aromatic rings. The van der Waals surface area contributed by atoms with Gasteiger partial charge in [-0.3, -0.25) is 4.79 Å². The summed E-state index contributed by atoms with van der Waals surface area (Å²) >= 11 is 1.77. The molecule has 0 aliphatic carbocycles. The zero-order valence-corrected chi connectivity index (χ0v) is 12.4. The van der Waals surface area contributed by atoms with Crippen molar-refractivity contribution in [2.45, 2.75) is 25.8 Å². The van der Waals surface area contributed by atoms with E-state index >= 15 is 0 Å². The number of carbonyl (C=O) groups is 1. The lowest BCUT2D eigenvalue weighted by molar-refractivity contribution is -0.125. The van der Waals surface area contributed by atoms with Gasteiger partial charge in [0, 0.05) is 17.3 Å². The van der Waals surface area contributed by atoms with Gasteiger partial charge in [-0.25, -0.2) is 0 Å².